The van der Waals surface area contributed by atoms with Gasteiger partial charge >= 0.3 is 0 Å². The summed E-state index contributed by atoms with van der Waals surface area (Å²) < 4.78 is 0. The molecule has 16 heavy (non-hydrogen) atoms. The Labute approximate surface area is 99.4 Å². The zero-order valence-electron chi connectivity index (χ0n) is 11.1. The predicted molar refractivity (Wildman–Crippen MR) is 67.0 cm³/mol. The molecule has 1 aliphatic rings. The second-order valence-electron chi connectivity index (χ2n) is 5.83. The average molecular weight is 226 g/mol. The lowest BCUT2D eigenvalue weighted by atomic mass is 9.79. The van der Waals surface area contributed by atoms with E-state index in [9.17, 15) is 4.79 Å². The second kappa shape index (κ2) is 5.17. The largest absolute Gasteiger partial charge is 0.342 e. The van der Waals surface area contributed by atoms with Crippen molar-refractivity contribution in [2.75, 3.05) is 13.1 Å². The summed E-state index contributed by atoms with van der Waals surface area (Å²) in [6, 6.07) is 0.220. The third-order valence-electron chi connectivity index (χ3n) is 3.77. The van der Waals surface area contributed by atoms with Gasteiger partial charge in [0.05, 0.1) is 0 Å². The highest BCUT2D eigenvalue weighted by Crippen LogP contribution is 2.28. The smallest absolute Gasteiger partial charge is 0.225 e. The summed E-state index contributed by atoms with van der Waals surface area (Å²) in [5.41, 5.74) is 6.13. The normalized spacial score (nSPS) is 26.6. The van der Waals surface area contributed by atoms with Gasteiger partial charge in [0.1, 0.15) is 0 Å². The number of hydrogen-bond acceptors (Lipinski definition) is 2. The Kier molecular flexibility index (Phi) is 4.36. The maximum absolute atomic E-state index is 12.2. The first kappa shape index (κ1) is 13.5. The molecule has 1 amide bonds. The molecule has 1 heterocycles. The minimum atomic E-state index is 0.0554. The van der Waals surface area contributed by atoms with E-state index in [0.717, 1.165) is 32.4 Å². The highest BCUT2D eigenvalue weighted by molar-refractivity contribution is 5.78. The quantitative estimate of drug-likeness (QED) is 0.800. The Morgan fingerprint density at radius 1 is 1.56 bits per heavy atom. The summed E-state index contributed by atoms with van der Waals surface area (Å²) in [7, 11) is 0. The third kappa shape index (κ3) is 2.97. The van der Waals surface area contributed by atoms with Gasteiger partial charge < -0.3 is 10.6 Å². The zero-order chi connectivity index (χ0) is 12.3. The molecule has 1 rings (SSSR count). The van der Waals surface area contributed by atoms with Crippen molar-refractivity contribution in [3.05, 3.63) is 0 Å². The Balaban J connectivity index is 2.59. The van der Waals surface area contributed by atoms with Crippen LogP contribution < -0.4 is 5.73 Å². The zero-order valence-corrected chi connectivity index (χ0v) is 11.1. The monoisotopic (exact) mass is 226 g/mol. The number of hydrogen-bond donors (Lipinski definition) is 1. The fourth-order valence-electron chi connectivity index (χ4n) is 2.43. The third-order valence-corrected chi connectivity index (χ3v) is 3.77. The van der Waals surface area contributed by atoms with Gasteiger partial charge in [-0.2, -0.15) is 0 Å². The van der Waals surface area contributed by atoms with Crippen LogP contribution in [0.25, 0.3) is 0 Å². The predicted octanol–water partition coefficient (Wildman–Crippen LogP) is 2.01. The number of piperidine rings is 1. The Morgan fingerprint density at radius 2 is 2.19 bits per heavy atom. The van der Waals surface area contributed by atoms with Gasteiger partial charge in [-0.1, -0.05) is 34.1 Å². The van der Waals surface area contributed by atoms with E-state index in [-0.39, 0.29) is 17.4 Å². The molecule has 0 aliphatic carbocycles. The summed E-state index contributed by atoms with van der Waals surface area (Å²) in [4.78, 5) is 14.2. The van der Waals surface area contributed by atoms with E-state index in [4.69, 9.17) is 5.73 Å². The lowest BCUT2D eigenvalue weighted by Gasteiger charge is -2.43. The van der Waals surface area contributed by atoms with Crippen molar-refractivity contribution in [3.63, 3.8) is 0 Å². The molecule has 2 N–H and O–H groups in total. The number of nitrogens with two attached hydrogens (primary N) is 1. The van der Waals surface area contributed by atoms with E-state index < -0.39 is 0 Å². The minimum Gasteiger partial charge on any atom is -0.342 e. The highest BCUT2D eigenvalue weighted by Gasteiger charge is 2.36. The molecular formula is C13H26N2O. The molecule has 0 bridgehead atoms. The van der Waals surface area contributed by atoms with E-state index in [1.807, 2.05) is 11.8 Å². The molecule has 0 aromatic rings. The number of carbonyl (C=O) groups is 1. The standard InChI is InChI=1S/C13H26N2O/c1-5-6-10(2)12(16)15-8-7-11(14)13(3,4)9-15/h10-11H,5-9,14H2,1-4H3. The van der Waals surface area contributed by atoms with Gasteiger partial charge in [0.2, 0.25) is 5.91 Å². The molecular weight excluding hydrogens is 200 g/mol. The number of rotatable bonds is 3. The molecule has 3 nitrogen and oxygen atoms in total. The fraction of sp³-hybridized carbons (Fsp3) is 0.923. The first-order valence-corrected chi connectivity index (χ1v) is 6.43. The molecule has 2 atom stereocenters. The molecule has 0 radical (unpaired) electrons. The van der Waals surface area contributed by atoms with Crippen LogP contribution in [0.3, 0.4) is 0 Å². The van der Waals surface area contributed by atoms with E-state index >= 15 is 0 Å². The molecule has 1 fully saturated rings. The van der Waals surface area contributed by atoms with Gasteiger partial charge in [-0.25, -0.2) is 0 Å². The van der Waals surface area contributed by atoms with Gasteiger partial charge in [0.15, 0.2) is 0 Å². The van der Waals surface area contributed by atoms with Gasteiger partial charge in [0.25, 0.3) is 0 Å². The maximum atomic E-state index is 12.2. The van der Waals surface area contributed by atoms with Crippen LogP contribution in [0.15, 0.2) is 0 Å². The van der Waals surface area contributed by atoms with Gasteiger partial charge in [-0.05, 0) is 18.3 Å². The molecule has 94 valence electrons. The van der Waals surface area contributed by atoms with Crippen LogP contribution in [0.1, 0.15) is 47.0 Å². The van der Waals surface area contributed by atoms with E-state index in [0.29, 0.717) is 5.91 Å². The van der Waals surface area contributed by atoms with Crippen LogP contribution in [-0.4, -0.2) is 29.9 Å². The topological polar surface area (TPSA) is 46.3 Å². The van der Waals surface area contributed by atoms with Gasteiger partial charge in [-0.3, -0.25) is 4.79 Å². The fourth-order valence-corrected chi connectivity index (χ4v) is 2.43. The second-order valence-corrected chi connectivity index (χ2v) is 5.83. The summed E-state index contributed by atoms with van der Waals surface area (Å²) in [5.74, 6) is 0.469. The van der Waals surface area contributed by atoms with Crippen molar-refractivity contribution in [1.82, 2.24) is 4.90 Å². The SMILES string of the molecule is CCCC(C)C(=O)N1CCC(N)C(C)(C)C1. The van der Waals surface area contributed by atoms with Crippen LogP contribution in [0.4, 0.5) is 0 Å². The van der Waals surface area contributed by atoms with Crippen LogP contribution >= 0.6 is 0 Å². The lowest BCUT2D eigenvalue weighted by molar-refractivity contribution is -0.138. The summed E-state index contributed by atoms with van der Waals surface area (Å²) >= 11 is 0. The Morgan fingerprint density at radius 3 is 2.69 bits per heavy atom. The molecule has 0 spiro atoms. The Hall–Kier alpha value is -0.570. The molecule has 1 saturated heterocycles. The van der Waals surface area contributed by atoms with Crippen LogP contribution in [-0.2, 0) is 4.79 Å². The van der Waals surface area contributed by atoms with Crippen LogP contribution in [0.2, 0.25) is 0 Å². The van der Waals surface area contributed by atoms with Crippen molar-refractivity contribution in [1.29, 1.82) is 0 Å². The highest BCUT2D eigenvalue weighted by atomic mass is 16.2. The van der Waals surface area contributed by atoms with Crippen LogP contribution in [0, 0.1) is 11.3 Å². The van der Waals surface area contributed by atoms with Crippen molar-refractivity contribution in [2.24, 2.45) is 17.1 Å². The lowest BCUT2D eigenvalue weighted by Crippen LogP contribution is -2.54. The Bertz CT molecular complexity index is 250. The summed E-state index contributed by atoms with van der Waals surface area (Å²) in [6.45, 7) is 10.1. The molecule has 2 unspecified atom stereocenters. The summed E-state index contributed by atoms with van der Waals surface area (Å²) in [6.07, 6.45) is 2.99. The molecule has 0 aromatic heterocycles. The van der Waals surface area contributed by atoms with Crippen LogP contribution in [0.5, 0.6) is 0 Å². The summed E-state index contributed by atoms with van der Waals surface area (Å²) in [5, 5.41) is 0. The number of carbonyl (C=O) groups excluding carboxylic acids is 1. The number of amides is 1. The molecule has 0 saturated carbocycles. The average Bonchev–Trinajstić information content (AvgIpc) is 2.21. The minimum absolute atomic E-state index is 0.0554. The van der Waals surface area contributed by atoms with Crippen molar-refractivity contribution >= 4 is 5.91 Å². The van der Waals surface area contributed by atoms with Gasteiger partial charge in [0, 0.05) is 25.0 Å². The van der Waals surface area contributed by atoms with Gasteiger partial charge in [-0.15, -0.1) is 0 Å². The van der Waals surface area contributed by atoms with Crippen molar-refractivity contribution in [2.45, 2.75) is 53.0 Å². The van der Waals surface area contributed by atoms with Crippen molar-refractivity contribution < 1.29 is 4.79 Å². The number of nitrogens with zero attached hydrogens (tertiary/aromatic N) is 1. The number of likely N-dealkylation sites (tertiary alicyclic amines) is 1. The molecule has 1 aliphatic heterocycles. The van der Waals surface area contributed by atoms with E-state index in [1.54, 1.807) is 0 Å². The maximum Gasteiger partial charge on any atom is 0.225 e. The van der Waals surface area contributed by atoms with E-state index in [2.05, 4.69) is 20.8 Å². The van der Waals surface area contributed by atoms with E-state index in [1.165, 1.54) is 0 Å². The molecule has 3 heteroatoms. The first-order chi connectivity index (χ1) is 7.38. The first-order valence-electron chi connectivity index (χ1n) is 6.43. The van der Waals surface area contributed by atoms with Crippen molar-refractivity contribution in [3.8, 4) is 0 Å². The molecule has 0 aromatic carbocycles.